The van der Waals surface area contributed by atoms with E-state index in [-0.39, 0.29) is 5.56 Å². The maximum absolute atomic E-state index is 13.6. The maximum atomic E-state index is 13.6. The van der Waals surface area contributed by atoms with Crippen LogP contribution in [0.15, 0.2) is 48.9 Å². The third-order valence-corrected chi connectivity index (χ3v) is 5.30. The fourth-order valence-electron chi connectivity index (χ4n) is 3.70. The molecule has 4 rings (SSSR count). The summed E-state index contributed by atoms with van der Waals surface area (Å²) in [5.41, 5.74) is 2.74. The first kappa shape index (κ1) is 21.2. The lowest BCUT2D eigenvalue weighted by molar-refractivity contribution is -0.131. The fourth-order valence-corrected chi connectivity index (χ4v) is 3.70. The van der Waals surface area contributed by atoms with Gasteiger partial charge in [0.25, 0.3) is 11.8 Å². The van der Waals surface area contributed by atoms with E-state index >= 15 is 0 Å². The number of nitriles is 1. The molecule has 0 saturated carbocycles. The van der Waals surface area contributed by atoms with Crippen molar-refractivity contribution in [2.24, 2.45) is 0 Å². The normalized spacial score (nSPS) is 17.5. The van der Waals surface area contributed by atoms with Crippen molar-refractivity contribution in [2.45, 2.75) is 18.4 Å². The molecule has 2 amide bonds. The van der Waals surface area contributed by atoms with Crippen LogP contribution in [-0.2, 0) is 4.79 Å². The number of aromatic nitrogens is 2. The Kier molecular flexibility index (Phi) is 5.69. The van der Waals surface area contributed by atoms with Crippen LogP contribution in [0.5, 0.6) is 0 Å². The number of halogens is 2. The highest BCUT2D eigenvalue weighted by molar-refractivity contribution is 6.01. The first-order valence-corrected chi connectivity index (χ1v) is 9.91. The quantitative estimate of drug-likeness (QED) is 0.642. The summed E-state index contributed by atoms with van der Waals surface area (Å²) in [5, 5.41) is 12.5. The smallest absolute Gasteiger partial charge is 0.268 e. The van der Waals surface area contributed by atoms with E-state index in [0.29, 0.717) is 5.56 Å². The number of pyridine rings is 1. The van der Waals surface area contributed by atoms with Crippen LogP contribution in [0.4, 0.5) is 8.78 Å². The fraction of sp³-hybridized carbons (Fsp3) is 0.217. The first-order chi connectivity index (χ1) is 15.4. The van der Waals surface area contributed by atoms with E-state index in [0.717, 1.165) is 21.4 Å². The van der Waals surface area contributed by atoms with Gasteiger partial charge < -0.3 is 15.2 Å². The Labute approximate surface area is 182 Å². The van der Waals surface area contributed by atoms with Crippen molar-refractivity contribution >= 4 is 34.9 Å². The molecule has 0 aliphatic carbocycles. The second kappa shape index (κ2) is 8.59. The highest BCUT2D eigenvalue weighted by Crippen LogP contribution is 2.31. The molecule has 0 spiro atoms. The average molecular weight is 435 g/mol. The van der Waals surface area contributed by atoms with E-state index in [1.165, 1.54) is 18.5 Å². The van der Waals surface area contributed by atoms with Gasteiger partial charge in [0.2, 0.25) is 5.91 Å². The van der Waals surface area contributed by atoms with Crippen LogP contribution in [-0.4, -0.2) is 51.7 Å². The topological polar surface area (TPSA) is 102 Å². The van der Waals surface area contributed by atoms with Gasteiger partial charge >= 0.3 is 0 Å². The lowest BCUT2D eigenvalue weighted by Gasteiger charge is -2.19. The number of rotatable bonds is 5. The molecule has 1 unspecified atom stereocenters. The van der Waals surface area contributed by atoms with E-state index in [1.54, 1.807) is 12.1 Å². The van der Waals surface area contributed by atoms with Gasteiger partial charge in [-0.25, -0.2) is 8.78 Å². The number of nitrogens with zero attached hydrogens (tertiary/aromatic N) is 3. The zero-order valence-corrected chi connectivity index (χ0v) is 16.9. The standard InChI is InChI=1S/C23H19F2N5O2/c24-23(25)9-17(10-26)30(14-23)21(31)13-29-22(32)19-7-8-27-11-15(19)5-6-16-12-28-20-4-2-1-3-18(16)20/h1-8,11-12,17,28H,9,13-14H2,(H,29,32). The van der Waals surface area contributed by atoms with Gasteiger partial charge in [-0.2, -0.15) is 5.26 Å². The van der Waals surface area contributed by atoms with Crippen LogP contribution in [0.2, 0.25) is 0 Å². The Morgan fingerprint density at radius 2 is 2.06 bits per heavy atom. The first-order valence-electron chi connectivity index (χ1n) is 9.91. The number of likely N-dealkylation sites (tertiary alicyclic amines) is 1. The van der Waals surface area contributed by atoms with Gasteiger partial charge in [0.1, 0.15) is 6.04 Å². The van der Waals surface area contributed by atoms with Crippen molar-refractivity contribution in [1.29, 1.82) is 5.26 Å². The third kappa shape index (κ3) is 4.34. The number of amides is 2. The molecule has 2 N–H and O–H groups in total. The number of alkyl halides is 2. The molecule has 1 aliphatic heterocycles. The summed E-state index contributed by atoms with van der Waals surface area (Å²) >= 11 is 0. The highest BCUT2D eigenvalue weighted by atomic mass is 19.3. The molecule has 2 aromatic heterocycles. The number of hydrogen-bond donors (Lipinski definition) is 2. The Hall–Kier alpha value is -4.06. The van der Waals surface area contributed by atoms with Crippen LogP contribution in [0, 0.1) is 11.3 Å². The molecular weight excluding hydrogens is 416 g/mol. The summed E-state index contributed by atoms with van der Waals surface area (Å²) < 4.78 is 27.1. The molecule has 7 nitrogen and oxygen atoms in total. The minimum atomic E-state index is -3.11. The van der Waals surface area contributed by atoms with Crippen molar-refractivity contribution in [1.82, 2.24) is 20.2 Å². The van der Waals surface area contributed by atoms with Crippen molar-refractivity contribution in [3.05, 3.63) is 65.6 Å². The monoisotopic (exact) mass is 435 g/mol. The molecule has 32 heavy (non-hydrogen) atoms. The summed E-state index contributed by atoms with van der Waals surface area (Å²) in [7, 11) is 0. The van der Waals surface area contributed by atoms with Gasteiger partial charge in [-0.15, -0.1) is 0 Å². The summed E-state index contributed by atoms with van der Waals surface area (Å²) in [4.78, 5) is 33.0. The number of carbonyl (C=O) groups is 2. The second-order valence-electron chi connectivity index (χ2n) is 7.50. The van der Waals surface area contributed by atoms with Crippen molar-refractivity contribution in [3.8, 4) is 6.07 Å². The van der Waals surface area contributed by atoms with Gasteiger partial charge in [-0.3, -0.25) is 14.6 Å². The molecule has 162 valence electrons. The molecule has 1 fully saturated rings. The number of benzene rings is 1. The van der Waals surface area contributed by atoms with Gasteiger partial charge in [-0.05, 0) is 17.7 Å². The van der Waals surface area contributed by atoms with E-state index in [4.69, 9.17) is 5.26 Å². The van der Waals surface area contributed by atoms with Crippen molar-refractivity contribution in [3.63, 3.8) is 0 Å². The largest absolute Gasteiger partial charge is 0.361 e. The Morgan fingerprint density at radius 3 is 2.88 bits per heavy atom. The number of H-pyrrole nitrogens is 1. The number of hydrogen-bond acceptors (Lipinski definition) is 4. The Bertz CT molecular complexity index is 1240. The number of nitrogens with one attached hydrogen (secondary N) is 2. The van der Waals surface area contributed by atoms with E-state index < -0.39 is 43.3 Å². The SMILES string of the molecule is N#CC1CC(F)(F)CN1C(=O)CNC(=O)c1ccncc1C=Cc1c[nH]c2ccccc12. The van der Waals surface area contributed by atoms with Crippen LogP contribution in [0.1, 0.15) is 27.9 Å². The van der Waals surface area contributed by atoms with Crippen LogP contribution in [0.25, 0.3) is 23.1 Å². The summed E-state index contributed by atoms with van der Waals surface area (Å²) in [6.45, 7) is -1.31. The lowest BCUT2D eigenvalue weighted by Crippen LogP contribution is -2.43. The molecule has 0 bridgehead atoms. The van der Waals surface area contributed by atoms with Crippen molar-refractivity contribution < 1.29 is 18.4 Å². The molecule has 1 aromatic carbocycles. The molecule has 1 aliphatic rings. The van der Waals surface area contributed by atoms with E-state index in [2.05, 4.69) is 15.3 Å². The minimum Gasteiger partial charge on any atom is -0.361 e. The predicted molar refractivity (Wildman–Crippen MR) is 114 cm³/mol. The average Bonchev–Trinajstić information content (AvgIpc) is 3.35. The van der Waals surface area contributed by atoms with Crippen molar-refractivity contribution in [2.75, 3.05) is 13.1 Å². The molecule has 0 radical (unpaired) electrons. The number of aromatic amines is 1. The molecule has 1 saturated heterocycles. The van der Waals surface area contributed by atoms with Gasteiger partial charge in [0.05, 0.1) is 19.2 Å². The summed E-state index contributed by atoms with van der Waals surface area (Å²) in [5.74, 6) is -4.38. The Balaban J connectivity index is 1.46. The second-order valence-corrected chi connectivity index (χ2v) is 7.50. The minimum absolute atomic E-state index is 0.285. The molecule has 9 heteroatoms. The van der Waals surface area contributed by atoms with Gasteiger partial charge in [0, 0.05) is 47.0 Å². The summed E-state index contributed by atoms with van der Waals surface area (Å²) in [6, 6.07) is 9.82. The maximum Gasteiger partial charge on any atom is 0.268 e. The number of fused-ring (bicyclic) bond motifs is 1. The number of para-hydroxylation sites is 1. The van der Waals surface area contributed by atoms with Gasteiger partial charge in [-0.1, -0.05) is 30.4 Å². The highest BCUT2D eigenvalue weighted by Gasteiger charge is 2.47. The molecule has 1 atom stereocenters. The lowest BCUT2D eigenvalue weighted by atomic mass is 10.1. The number of carbonyl (C=O) groups excluding carboxylic acids is 2. The summed E-state index contributed by atoms with van der Waals surface area (Å²) in [6.07, 6.45) is 7.72. The predicted octanol–water partition coefficient (Wildman–Crippen LogP) is 3.22. The zero-order chi connectivity index (χ0) is 22.7. The van der Waals surface area contributed by atoms with Gasteiger partial charge in [0.15, 0.2) is 0 Å². The zero-order valence-electron chi connectivity index (χ0n) is 16.9. The van der Waals surface area contributed by atoms with Crippen LogP contribution >= 0.6 is 0 Å². The van der Waals surface area contributed by atoms with Crippen LogP contribution in [0.3, 0.4) is 0 Å². The molecule has 3 aromatic rings. The molecular formula is C23H19F2N5O2. The van der Waals surface area contributed by atoms with E-state index in [9.17, 15) is 18.4 Å². The van der Waals surface area contributed by atoms with E-state index in [1.807, 2.05) is 36.5 Å². The van der Waals surface area contributed by atoms with Crippen LogP contribution < -0.4 is 5.32 Å². The third-order valence-electron chi connectivity index (χ3n) is 5.30. The molecule has 3 heterocycles. The Morgan fingerprint density at radius 1 is 1.28 bits per heavy atom.